The van der Waals surface area contributed by atoms with Gasteiger partial charge in [0.15, 0.2) is 0 Å². The molecule has 0 aliphatic rings. The van der Waals surface area contributed by atoms with Crippen LogP contribution in [0.15, 0.2) is 48.8 Å². The number of rotatable bonds is 7. The molecule has 2 rings (SSSR count). The summed E-state index contributed by atoms with van der Waals surface area (Å²) in [5.41, 5.74) is 5.94. The molecule has 0 aliphatic heterocycles. The minimum atomic E-state index is -0.518. The molecular formula is C20H32Cl2N6O2. The second kappa shape index (κ2) is 18.9. The lowest BCUT2D eigenvalue weighted by molar-refractivity contribution is 0.0945. The average Bonchev–Trinajstić information content (AvgIpc) is 2.70. The van der Waals surface area contributed by atoms with E-state index in [4.69, 9.17) is 17.3 Å². The summed E-state index contributed by atoms with van der Waals surface area (Å²) in [6.07, 6.45) is 3.14. The van der Waals surface area contributed by atoms with Crippen LogP contribution in [0.5, 0.6) is 0 Å². The zero-order chi connectivity index (χ0) is 22.1. The number of nitrogens with zero attached hydrogens (tertiary/aromatic N) is 4. The molecule has 30 heavy (non-hydrogen) atoms. The Morgan fingerprint density at radius 3 is 1.73 bits per heavy atom. The summed E-state index contributed by atoms with van der Waals surface area (Å²) < 4.78 is 0. The van der Waals surface area contributed by atoms with E-state index < -0.39 is 5.24 Å². The van der Waals surface area contributed by atoms with Gasteiger partial charge in [-0.25, -0.2) is 0 Å². The SMILES string of the molecule is CN(C)CCN.CN(C)CCNC(=O)c1ccccn1.Cl.O=C(Cl)c1ccccn1. The molecule has 0 bridgehead atoms. The Kier molecular flexibility index (Phi) is 19.0. The minimum absolute atomic E-state index is 0. The van der Waals surface area contributed by atoms with Crippen LogP contribution in [0.25, 0.3) is 0 Å². The average molecular weight is 459 g/mol. The molecule has 8 nitrogen and oxygen atoms in total. The summed E-state index contributed by atoms with van der Waals surface area (Å²) >= 11 is 5.10. The van der Waals surface area contributed by atoms with Gasteiger partial charge in [-0.05, 0) is 64.1 Å². The number of nitrogens with two attached hydrogens (primary N) is 1. The first kappa shape index (κ1) is 30.1. The Morgan fingerprint density at radius 2 is 1.43 bits per heavy atom. The second-order valence-electron chi connectivity index (χ2n) is 6.35. The number of halogens is 2. The maximum Gasteiger partial charge on any atom is 0.270 e. The Labute approximate surface area is 190 Å². The van der Waals surface area contributed by atoms with E-state index >= 15 is 0 Å². The lowest BCUT2D eigenvalue weighted by atomic mass is 10.3. The fourth-order valence-corrected chi connectivity index (χ4v) is 1.83. The van der Waals surface area contributed by atoms with E-state index in [1.165, 1.54) is 6.20 Å². The summed E-state index contributed by atoms with van der Waals surface area (Å²) in [5.74, 6) is -0.118. The molecule has 168 valence electrons. The third-order valence-electron chi connectivity index (χ3n) is 3.18. The quantitative estimate of drug-likeness (QED) is 0.608. The van der Waals surface area contributed by atoms with E-state index in [1.54, 1.807) is 42.6 Å². The molecule has 2 heterocycles. The molecule has 3 N–H and O–H groups in total. The van der Waals surface area contributed by atoms with Gasteiger partial charge in [-0.15, -0.1) is 12.4 Å². The van der Waals surface area contributed by atoms with Crippen molar-refractivity contribution in [3.05, 3.63) is 60.2 Å². The molecule has 0 atom stereocenters. The number of nitrogens with one attached hydrogen (secondary N) is 1. The van der Waals surface area contributed by atoms with Crippen molar-refractivity contribution in [3.8, 4) is 0 Å². The van der Waals surface area contributed by atoms with E-state index in [2.05, 4.69) is 20.2 Å². The first-order chi connectivity index (χ1) is 13.8. The zero-order valence-electron chi connectivity index (χ0n) is 17.9. The van der Waals surface area contributed by atoms with Crippen LogP contribution in [-0.4, -0.2) is 85.3 Å². The summed E-state index contributed by atoms with van der Waals surface area (Å²) in [7, 11) is 7.94. The molecule has 2 aromatic heterocycles. The van der Waals surface area contributed by atoms with Gasteiger partial charge in [0, 0.05) is 38.6 Å². The molecule has 0 unspecified atom stereocenters. The lowest BCUT2D eigenvalue weighted by Crippen LogP contribution is -2.31. The van der Waals surface area contributed by atoms with Crippen molar-refractivity contribution in [2.75, 3.05) is 54.4 Å². The van der Waals surface area contributed by atoms with Crippen molar-refractivity contribution < 1.29 is 9.59 Å². The summed E-state index contributed by atoms with van der Waals surface area (Å²) in [6, 6.07) is 10.3. The summed E-state index contributed by atoms with van der Waals surface area (Å²) in [4.78, 5) is 33.5. The van der Waals surface area contributed by atoms with Gasteiger partial charge < -0.3 is 20.9 Å². The van der Waals surface area contributed by atoms with Crippen LogP contribution in [0, 0.1) is 0 Å². The maximum absolute atomic E-state index is 11.4. The second-order valence-corrected chi connectivity index (χ2v) is 6.70. The van der Waals surface area contributed by atoms with Gasteiger partial charge in [0.1, 0.15) is 11.4 Å². The lowest BCUT2D eigenvalue weighted by Gasteiger charge is -2.09. The van der Waals surface area contributed by atoms with Crippen LogP contribution in [0.3, 0.4) is 0 Å². The predicted octanol–water partition coefficient (Wildman–Crippen LogP) is 1.76. The third kappa shape index (κ3) is 16.8. The predicted molar refractivity (Wildman–Crippen MR) is 124 cm³/mol. The van der Waals surface area contributed by atoms with E-state index in [0.717, 1.165) is 19.6 Å². The van der Waals surface area contributed by atoms with Crippen LogP contribution in [0.4, 0.5) is 0 Å². The van der Waals surface area contributed by atoms with Gasteiger partial charge in [-0.2, -0.15) is 0 Å². The fraction of sp³-hybridized carbons (Fsp3) is 0.400. The van der Waals surface area contributed by atoms with Gasteiger partial charge in [0.05, 0.1) is 0 Å². The molecule has 10 heteroatoms. The molecule has 0 fully saturated rings. The Balaban J connectivity index is 0. The molecule has 0 spiro atoms. The molecule has 0 aromatic carbocycles. The summed E-state index contributed by atoms with van der Waals surface area (Å²) in [5, 5.41) is 2.27. The monoisotopic (exact) mass is 458 g/mol. The largest absolute Gasteiger partial charge is 0.349 e. The van der Waals surface area contributed by atoms with Crippen molar-refractivity contribution >= 4 is 35.2 Å². The molecule has 0 saturated carbocycles. The number of pyridine rings is 2. The Hall–Kier alpha value is -2.10. The van der Waals surface area contributed by atoms with Crippen molar-refractivity contribution in [2.24, 2.45) is 5.73 Å². The highest BCUT2D eigenvalue weighted by Gasteiger charge is 2.04. The minimum Gasteiger partial charge on any atom is -0.349 e. The third-order valence-corrected chi connectivity index (χ3v) is 3.38. The molecule has 0 aliphatic carbocycles. The highest BCUT2D eigenvalue weighted by molar-refractivity contribution is 6.67. The summed E-state index contributed by atoms with van der Waals surface area (Å²) in [6.45, 7) is 3.22. The van der Waals surface area contributed by atoms with E-state index in [0.29, 0.717) is 17.9 Å². The Bertz CT molecular complexity index is 688. The van der Waals surface area contributed by atoms with Gasteiger partial charge in [-0.1, -0.05) is 12.1 Å². The standard InChI is InChI=1S/C10H15N3O.C6H4ClNO.C4H12N2.ClH/c1-13(2)8-7-12-10(14)9-5-3-4-6-11-9;7-6(9)5-3-1-2-4-8-5;1-6(2)4-3-5;/h3-6H,7-8H2,1-2H3,(H,12,14);1-4H;3-5H2,1-2H3;1H. The first-order valence-electron chi connectivity index (χ1n) is 9.07. The number of carbonyl (C=O) groups is 2. The van der Waals surface area contributed by atoms with Gasteiger partial charge in [0.2, 0.25) is 0 Å². The number of hydrogen-bond acceptors (Lipinski definition) is 7. The normalized spacial score (nSPS) is 9.47. The van der Waals surface area contributed by atoms with Crippen molar-refractivity contribution in [1.82, 2.24) is 25.1 Å². The highest BCUT2D eigenvalue weighted by atomic mass is 35.5. The topological polar surface area (TPSA) is 104 Å². The molecule has 1 amide bonds. The van der Waals surface area contributed by atoms with Gasteiger partial charge in [0.25, 0.3) is 11.1 Å². The Morgan fingerprint density at radius 1 is 0.933 bits per heavy atom. The van der Waals surface area contributed by atoms with Crippen molar-refractivity contribution in [2.45, 2.75) is 0 Å². The number of amides is 1. The molecule has 0 radical (unpaired) electrons. The smallest absolute Gasteiger partial charge is 0.270 e. The van der Waals surface area contributed by atoms with Gasteiger partial charge in [-0.3, -0.25) is 19.6 Å². The highest BCUT2D eigenvalue weighted by Crippen LogP contribution is 1.96. The number of aromatic nitrogens is 2. The molecule has 0 saturated heterocycles. The van der Waals surface area contributed by atoms with E-state index in [9.17, 15) is 9.59 Å². The van der Waals surface area contributed by atoms with Gasteiger partial charge >= 0.3 is 0 Å². The van der Waals surface area contributed by atoms with Crippen LogP contribution in [0.2, 0.25) is 0 Å². The zero-order valence-corrected chi connectivity index (χ0v) is 19.5. The van der Waals surface area contributed by atoms with Crippen molar-refractivity contribution in [3.63, 3.8) is 0 Å². The number of hydrogen-bond donors (Lipinski definition) is 2. The van der Waals surface area contributed by atoms with Crippen molar-refractivity contribution in [1.29, 1.82) is 0 Å². The maximum atomic E-state index is 11.4. The van der Waals surface area contributed by atoms with Crippen LogP contribution < -0.4 is 11.1 Å². The first-order valence-corrected chi connectivity index (χ1v) is 9.45. The number of likely N-dealkylation sites (N-methyl/N-ethyl adjacent to an activating group) is 2. The van der Waals surface area contributed by atoms with E-state index in [-0.39, 0.29) is 18.3 Å². The fourth-order valence-electron chi connectivity index (χ4n) is 1.72. The molecule has 2 aromatic rings. The van der Waals surface area contributed by atoms with Crippen LogP contribution in [0.1, 0.15) is 21.0 Å². The van der Waals surface area contributed by atoms with Crippen LogP contribution >= 0.6 is 24.0 Å². The number of carbonyl (C=O) groups excluding carboxylic acids is 2. The molecular weight excluding hydrogens is 427 g/mol. The van der Waals surface area contributed by atoms with E-state index in [1.807, 2.05) is 33.1 Å². The van der Waals surface area contributed by atoms with Crippen LogP contribution in [-0.2, 0) is 0 Å².